The number of nitrogens with zero attached hydrogens (tertiary/aromatic N) is 2. The Morgan fingerprint density at radius 1 is 1.20 bits per heavy atom. The van der Waals surface area contributed by atoms with Gasteiger partial charge in [0.1, 0.15) is 5.02 Å². The Hall–Kier alpha value is -2.06. The molecule has 1 aromatic carbocycles. The summed E-state index contributed by atoms with van der Waals surface area (Å²) in [6.07, 6.45) is 0.993. The molecule has 0 bridgehead atoms. The van der Waals surface area contributed by atoms with Crippen molar-refractivity contribution in [2.75, 3.05) is 0 Å². The van der Waals surface area contributed by atoms with Crippen LogP contribution in [-0.4, -0.2) is 18.3 Å². The molecule has 0 spiro atoms. The van der Waals surface area contributed by atoms with Crippen LogP contribution in [0.1, 0.15) is 0 Å². The van der Waals surface area contributed by atoms with Crippen LogP contribution in [0, 0.1) is 16.1 Å². The van der Waals surface area contributed by atoms with Crippen LogP contribution in [0.5, 0.6) is 0 Å². The topological polar surface area (TPSA) is 90.2 Å². The van der Waals surface area contributed by atoms with E-state index in [-0.39, 0.29) is 14.8 Å². The van der Waals surface area contributed by atoms with Crippen molar-refractivity contribution in [3.05, 3.63) is 57.6 Å². The van der Waals surface area contributed by atoms with Crippen LogP contribution in [0.3, 0.4) is 0 Å². The molecule has 0 aliphatic carbocycles. The molecule has 1 heterocycles. The molecular weight excluding hydrogens is 311 g/mol. The van der Waals surface area contributed by atoms with Crippen molar-refractivity contribution in [3.8, 4) is 0 Å². The van der Waals surface area contributed by atoms with Gasteiger partial charge in [0.25, 0.3) is 5.69 Å². The minimum absolute atomic E-state index is 0.185. The lowest BCUT2D eigenvalue weighted by Crippen LogP contribution is -2.04. The summed E-state index contributed by atoms with van der Waals surface area (Å²) in [7, 11) is -4.08. The molecule has 104 valence electrons. The van der Waals surface area contributed by atoms with Crippen LogP contribution in [0.15, 0.2) is 46.3 Å². The lowest BCUT2D eigenvalue weighted by Gasteiger charge is -2.05. The highest BCUT2D eigenvalue weighted by molar-refractivity contribution is 7.91. The number of hydrogen-bond acceptors (Lipinski definition) is 5. The minimum Gasteiger partial charge on any atom is -0.258 e. The van der Waals surface area contributed by atoms with Gasteiger partial charge in [-0.25, -0.2) is 13.4 Å². The number of nitro groups is 1. The predicted molar refractivity (Wildman–Crippen MR) is 67.8 cm³/mol. The maximum absolute atomic E-state index is 13.0. The van der Waals surface area contributed by atoms with Gasteiger partial charge in [-0.1, -0.05) is 11.6 Å². The molecule has 20 heavy (non-hydrogen) atoms. The molecule has 0 amide bonds. The number of benzene rings is 1. The first-order chi connectivity index (χ1) is 9.32. The van der Waals surface area contributed by atoms with Gasteiger partial charge in [-0.3, -0.25) is 10.1 Å². The molecule has 1 aromatic heterocycles. The van der Waals surface area contributed by atoms with E-state index in [1.165, 1.54) is 0 Å². The van der Waals surface area contributed by atoms with Gasteiger partial charge in [-0.2, -0.15) is 4.39 Å². The molecule has 0 unspecified atom stereocenters. The predicted octanol–water partition coefficient (Wildman–Crippen LogP) is 2.62. The molecule has 0 saturated heterocycles. The summed E-state index contributed by atoms with van der Waals surface area (Å²) in [5, 5.41) is 10.6. The number of nitro benzene ring substituents is 1. The zero-order valence-corrected chi connectivity index (χ0v) is 11.2. The summed E-state index contributed by atoms with van der Waals surface area (Å²) in [4.78, 5) is 12.5. The maximum Gasteiger partial charge on any atom is 0.289 e. The van der Waals surface area contributed by atoms with E-state index in [0.717, 1.165) is 36.5 Å². The number of pyridine rings is 1. The van der Waals surface area contributed by atoms with Gasteiger partial charge in [-0.05, 0) is 18.2 Å². The fourth-order valence-electron chi connectivity index (χ4n) is 1.49. The van der Waals surface area contributed by atoms with Crippen molar-refractivity contribution in [1.29, 1.82) is 0 Å². The average molecular weight is 317 g/mol. The Labute approximate surface area is 117 Å². The van der Waals surface area contributed by atoms with E-state index in [1.807, 2.05) is 0 Å². The van der Waals surface area contributed by atoms with Crippen molar-refractivity contribution in [1.82, 2.24) is 4.98 Å². The molecule has 2 rings (SSSR count). The highest BCUT2D eigenvalue weighted by Crippen LogP contribution is 2.29. The highest BCUT2D eigenvalue weighted by Gasteiger charge is 2.23. The van der Waals surface area contributed by atoms with Gasteiger partial charge in [0.05, 0.1) is 14.7 Å². The molecule has 0 saturated carbocycles. The van der Waals surface area contributed by atoms with E-state index in [9.17, 15) is 22.9 Å². The third-order valence-corrected chi connectivity index (χ3v) is 4.50. The van der Waals surface area contributed by atoms with Gasteiger partial charge in [-0.15, -0.1) is 0 Å². The van der Waals surface area contributed by atoms with Crippen LogP contribution in [0.2, 0.25) is 5.02 Å². The minimum atomic E-state index is -4.08. The second-order valence-corrected chi connectivity index (χ2v) is 6.04. The molecule has 9 heteroatoms. The van der Waals surface area contributed by atoms with E-state index in [4.69, 9.17) is 11.6 Å². The van der Waals surface area contributed by atoms with Crippen LogP contribution in [0.4, 0.5) is 10.1 Å². The van der Waals surface area contributed by atoms with Crippen molar-refractivity contribution >= 4 is 27.1 Å². The Morgan fingerprint density at radius 3 is 2.45 bits per heavy atom. The Balaban J connectivity index is 2.61. The molecule has 6 nitrogen and oxygen atoms in total. The molecule has 2 aromatic rings. The lowest BCUT2D eigenvalue weighted by molar-refractivity contribution is -0.384. The molecule has 0 aliphatic heterocycles. The third kappa shape index (κ3) is 2.61. The van der Waals surface area contributed by atoms with E-state index in [0.29, 0.717) is 0 Å². The quantitative estimate of drug-likeness (QED) is 0.493. The molecule has 0 N–H and O–H groups in total. The van der Waals surface area contributed by atoms with Crippen LogP contribution in [-0.2, 0) is 9.84 Å². The maximum atomic E-state index is 13.0. The first-order valence-electron chi connectivity index (χ1n) is 5.13. The molecule has 0 atom stereocenters. The van der Waals surface area contributed by atoms with Gasteiger partial charge < -0.3 is 0 Å². The first-order valence-corrected chi connectivity index (χ1v) is 6.99. The van der Waals surface area contributed by atoms with Gasteiger partial charge in [0, 0.05) is 18.3 Å². The van der Waals surface area contributed by atoms with E-state index < -0.39 is 26.4 Å². The number of aromatic nitrogens is 1. The zero-order valence-electron chi connectivity index (χ0n) is 9.66. The largest absolute Gasteiger partial charge is 0.289 e. The zero-order chi connectivity index (χ0) is 14.9. The third-order valence-electron chi connectivity index (χ3n) is 2.43. The standard InChI is InChI=1S/C11H6ClFN2O4S/c12-9-2-1-7(5-10(9)15(16)17)20(18,19)8-3-4-14-11(13)6-8/h1-6H. The Kier molecular flexibility index (Phi) is 3.69. The summed E-state index contributed by atoms with van der Waals surface area (Å²) in [5.41, 5.74) is -0.540. The van der Waals surface area contributed by atoms with Gasteiger partial charge in [0.15, 0.2) is 0 Å². The Bertz CT molecular complexity index is 795. The summed E-state index contributed by atoms with van der Waals surface area (Å²) < 4.78 is 37.4. The number of hydrogen-bond donors (Lipinski definition) is 0. The van der Waals surface area contributed by atoms with Crippen molar-refractivity contribution in [3.63, 3.8) is 0 Å². The monoisotopic (exact) mass is 316 g/mol. The van der Waals surface area contributed by atoms with Crippen molar-refractivity contribution in [2.24, 2.45) is 0 Å². The van der Waals surface area contributed by atoms with Crippen LogP contribution >= 0.6 is 11.6 Å². The smallest absolute Gasteiger partial charge is 0.258 e. The molecular formula is C11H6ClFN2O4S. The number of sulfone groups is 1. The Morgan fingerprint density at radius 2 is 1.85 bits per heavy atom. The van der Waals surface area contributed by atoms with Crippen molar-refractivity contribution in [2.45, 2.75) is 9.79 Å². The van der Waals surface area contributed by atoms with Crippen LogP contribution in [0.25, 0.3) is 0 Å². The molecule has 0 fully saturated rings. The van der Waals surface area contributed by atoms with E-state index in [1.54, 1.807) is 0 Å². The van der Waals surface area contributed by atoms with E-state index in [2.05, 4.69) is 4.98 Å². The summed E-state index contributed by atoms with van der Waals surface area (Å²) in [6, 6.07) is 4.87. The number of rotatable bonds is 3. The lowest BCUT2D eigenvalue weighted by atomic mass is 10.3. The van der Waals surface area contributed by atoms with Crippen LogP contribution < -0.4 is 0 Å². The fourth-order valence-corrected chi connectivity index (χ4v) is 2.95. The fraction of sp³-hybridized carbons (Fsp3) is 0. The summed E-state index contributed by atoms with van der Waals surface area (Å²) in [6.45, 7) is 0. The summed E-state index contributed by atoms with van der Waals surface area (Å²) in [5.74, 6) is -0.963. The second kappa shape index (κ2) is 5.14. The number of halogens is 2. The highest BCUT2D eigenvalue weighted by atomic mass is 35.5. The summed E-state index contributed by atoms with van der Waals surface area (Å²) >= 11 is 5.61. The van der Waals surface area contributed by atoms with Gasteiger partial charge >= 0.3 is 0 Å². The first kappa shape index (κ1) is 14.4. The SMILES string of the molecule is O=[N+]([O-])c1cc(S(=O)(=O)c2ccnc(F)c2)ccc1Cl. The molecule has 0 radical (unpaired) electrons. The average Bonchev–Trinajstić information content (AvgIpc) is 2.38. The van der Waals surface area contributed by atoms with Gasteiger partial charge in [0.2, 0.25) is 15.8 Å². The molecule has 0 aliphatic rings. The second-order valence-electron chi connectivity index (χ2n) is 3.69. The van der Waals surface area contributed by atoms with Crippen molar-refractivity contribution < 1.29 is 17.7 Å². The normalized spacial score (nSPS) is 11.3. The van der Waals surface area contributed by atoms with E-state index >= 15 is 0 Å².